The van der Waals surface area contributed by atoms with E-state index in [4.69, 9.17) is 9.97 Å². The largest absolute Gasteiger partial charge is 0.228 e. The number of rotatable bonds is 6. The minimum Gasteiger partial charge on any atom is -0.228 e. The number of fused-ring (bicyclic) bond motifs is 11. The lowest BCUT2D eigenvalue weighted by atomic mass is 9.70. The van der Waals surface area contributed by atoms with Crippen molar-refractivity contribution >= 4 is 10.8 Å². The van der Waals surface area contributed by atoms with Crippen LogP contribution in [0, 0.1) is 0 Å². The predicted octanol–water partition coefficient (Wildman–Crippen LogP) is 16.0. The Kier molecular flexibility index (Phi) is 8.47. The highest BCUT2D eigenvalue weighted by atomic mass is 14.9. The van der Waals surface area contributed by atoms with Crippen LogP contribution in [0.25, 0.3) is 100 Å². The van der Waals surface area contributed by atoms with E-state index in [1.165, 1.54) is 77.5 Å². The van der Waals surface area contributed by atoms with Crippen LogP contribution in [0.4, 0.5) is 0 Å². The number of hydrogen-bond donors (Lipinski definition) is 0. The van der Waals surface area contributed by atoms with Crippen LogP contribution in [0.15, 0.2) is 243 Å². The number of nitrogens with zero attached hydrogens (tertiary/aromatic N) is 2. The van der Waals surface area contributed by atoms with Gasteiger partial charge in [-0.1, -0.05) is 224 Å². The Morgan fingerprint density at radius 2 is 0.692 bits per heavy atom. The topological polar surface area (TPSA) is 25.8 Å². The second-order valence-corrected chi connectivity index (χ2v) is 17.2. The van der Waals surface area contributed by atoms with Crippen molar-refractivity contribution in [3.05, 3.63) is 265 Å². The number of aromatic nitrogens is 2. The van der Waals surface area contributed by atoms with Gasteiger partial charge in [0.2, 0.25) is 0 Å². The normalized spacial score (nSPS) is 12.7. The molecule has 0 amide bonds. The van der Waals surface area contributed by atoms with Gasteiger partial charge in [0.05, 0.1) is 16.8 Å². The average Bonchev–Trinajstić information content (AvgIpc) is 3.85. The molecule has 0 unspecified atom stereocenters. The highest BCUT2D eigenvalue weighted by molar-refractivity contribution is 6.04. The molecule has 0 fully saturated rings. The van der Waals surface area contributed by atoms with Gasteiger partial charge in [-0.2, -0.15) is 0 Å². The van der Waals surface area contributed by atoms with Crippen molar-refractivity contribution < 1.29 is 0 Å². The Labute approximate surface area is 378 Å². The maximum Gasteiger partial charge on any atom is 0.160 e. The maximum absolute atomic E-state index is 5.08. The molecule has 0 atom stereocenters. The van der Waals surface area contributed by atoms with Crippen molar-refractivity contribution in [2.45, 2.75) is 5.41 Å². The van der Waals surface area contributed by atoms with Crippen LogP contribution in [0.1, 0.15) is 22.3 Å². The monoisotopic (exact) mass is 824 g/mol. The molecule has 0 aliphatic heterocycles. The van der Waals surface area contributed by atoms with Gasteiger partial charge in [-0.15, -0.1) is 0 Å². The maximum atomic E-state index is 5.08. The van der Waals surface area contributed by atoms with Crippen LogP contribution < -0.4 is 0 Å². The Bertz CT molecular complexity index is 3520. The van der Waals surface area contributed by atoms with E-state index in [-0.39, 0.29) is 0 Å². The smallest absolute Gasteiger partial charge is 0.160 e. The molecule has 2 aliphatic rings. The van der Waals surface area contributed by atoms with E-state index in [0.717, 1.165) is 39.2 Å². The fourth-order valence-corrected chi connectivity index (χ4v) is 10.8. The Hall–Kier alpha value is -8.46. The van der Waals surface area contributed by atoms with Gasteiger partial charge in [0, 0.05) is 16.7 Å². The second-order valence-electron chi connectivity index (χ2n) is 17.2. The molecular weight excluding hydrogens is 785 g/mol. The van der Waals surface area contributed by atoms with E-state index in [9.17, 15) is 0 Å². The summed E-state index contributed by atoms with van der Waals surface area (Å²) in [5.74, 6) is 0.706. The van der Waals surface area contributed by atoms with Gasteiger partial charge in [-0.25, -0.2) is 9.97 Å². The molecule has 302 valence electrons. The van der Waals surface area contributed by atoms with E-state index in [1.807, 2.05) is 12.1 Å². The molecule has 65 heavy (non-hydrogen) atoms. The van der Waals surface area contributed by atoms with Gasteiger partial charge >= 0.3 is 0 Å². The lowest BCUT2D eigenvalue weighted by molar-refractivity contribution is 0.794. The van der Waals surface area contributed by atoms with E-state index in [0.29, 0.717) is 5.82 Å². The summed E-state index contributed by atoms with van der Waals surface area (Å²) in [6.07, 6.45) is 0. The first-order chi connectivity index (χ1) is 32.2. The van der Waals surface area contributed by atoms with Crippen LogP contribution in [0.2, 0.25) is 0 Å². The SMILES string of the molecule is c1ccc(-c2cc(-c3ccccc3)nc(-c3ccc(-c4ccc(-c5cc6c(cc5-c5cccc7ccccc57)-c5ccccc5C65c6ccccc6-c6ccccc65)cc4)cc3)n2)cc1. The average molecular weight is 825 g/mol. The van der Waals surface area contributed by atoms with E-state index in [2.05, 4.69) is 231 Å². The summed E-state index contributed by atoms with van der Waals surface area (Å²) >= 11 is 0. The van der Waals surface area contributed by atoms with Crippen LogP contribution in [0.3, 0.4) is 0 Å². The van der Waals surface area contributed by atoms with E-state index < -0.39 is 5.41 Å². The highest BCUT2D eigenvalue weighted by Crippen LogP contribution is 2.63. The minimum atomic E-state index is -0.432. The molecule has 0 saturated carbocycles. The summed E-state index contributed by atoms with van der Waals surface area (Å²) in [6, 6.07) is 88.3. The summed E-state index contributed by atoms with van der Waals surface area (Å²) < 4.78 is 0. The molecule has 2 nitrogen and oxygen atoms in total. The zero-order valence-electron chi connectivity index (χ0n) is 35.5. The zero-order valence-corrected chi connectivity index (χ0v) is 35.5. The van der Waals surface area contributed by atoms with E-state index >= 15 is 0 Å². The second kappa shape index (κ2) is 14.8. The number of benzene rings is 10. The molecule has 11 aromatic rings. The zero-order chi connectivity index (χ0) is 42.9. The fraction of sp³-hybridized carbons (Fsp3) is 0.0159. The Morgan fingerprint density at radius 3 is 1.28 bits per heavy atom. The van der Waals surface area contributed by atoms with Crippen LogP contribution in [0.5, 0.6) is 0 Å². The molecule has 2 heteroatoms. The van der Waals surface area contributed by atoms with Gasteiger partial charge in [-0.3, -0.25) is 0 Å². The molecule has 13 rings (SSSR count). The Balaban J connectivity index is 0.948. The third-order valence-electron chi connectivity index (χ3n) is 13.8. The van der Waals surface area contributed by atoms with Crippen LogP contribution in [-0.4, -0.2) is 9.97 Å². The summed E-state index contributed by atoms with van der Waals surface area (Å²) in [5.41, 5.74) is 22.3. The highest BCUT2D eigenvalue weighted by Gasteiger charge is 2.51. The number of hydrogen-bond acceptors (Lipinski definition) is 2. The molecule has 0 bridgehead atoms. The third-order valence-corrected chi connectivity index (χ3v) is 13.8. The Morgan fingerprint density at radius 1 is 0.246 bits per heavy atom. The first-order valence-corrected chi connectivity index (χ1v) is 22.4. The van der Waals surface area contributed by atoms with Gasteiger partial charge < -0.3 is 0 Å². The van der Waals surface area contributed by atoms with Crippen molar-refractivity contribution in [2.75, 3.05) is 0 Å². The van der Waals surface area contributed by atoms with Gasteiger partial charge in [0.25, 0.3) is 0 Å². The van der Waals surface area contributed by atoms with E-state index in [1.54, 1.807) is 0 Å². The van der Waals surface area contributed by atoms with Crippen molar-refractivity contribution in [1.82, 2.24) is 9.97 Å². The summed E-state index contributed by atoms with van der Waals surface area (Å²) in [6.45, 7) is 0. The molecule has 10 aromatic carbocycles. The van der Waals surface area contributed by atoms with Gasteiger partial charge in [-0.05, 0) is 107 Å². The molecule has 1 heterocycles. The van der Waals surface area contributed by atoms with Crippen molar-refractivity contribution in [1.29, 1.82) is 0 Å². The molecule has 0 N–H and O–H groups in total. The predicted molar refractivity (Wildman–Crippen MR) is 268 cm³/mol. The summed E-state index contributed by atoms with van der Waals surface area (Å²) in [5, 5.41) is 2.49. The fourth-order valence-electron chi connectivity index (χ4n) is 10.8. The van der Waals surface area contributed by atoms with Crippen LogP contribution in [-0.2, 0) is 5.41 Å². The molecular formula is C63H40N2. The summed E-state index contributed by atoms with van der Waals surface area (Å²) in [4.78, 5) is 10.2. The molecule has 0 radical (unpaired) electrons. The lowest BCUT2D eigenvalue weighted by Gasteiger charge is -2.31. The lowest BCUT2D eigenvalue weighted by Crippen LogP contribution is -2.25. The first-order valence-electron chi connectivity index (χ1n) is 22.4. The molecule has 1 aromatic heterocycles. The first kappa shape index (κ1) is 37.1. The van der Waals surface area contributed by atoms with Crippen molar-refractivity contribution in [3.8, 4) is 89.5 Å². The molecule has 1 spiro atoms. The molecule has 2 aliphatic carbocycles. The van der Waals surface area contributed by atoms with Crippen molar-refractivity contribution in [3.63, 3.8) is 0 Å². The quantitative estimate of drug-likeness (QED) is 0.167. The van der Waals surface area contributed by atoms with Gasteiger partial charge in [0.15, 0.2) is 5.82 Å². The summed E-state index contributed by atoms with van der Waals surface area (Å²) in [7, 11) is 0. The standard InChI is InChI=1S/C63H40N2/c1-3-17-45(18-4-1)60-40-61(46-19-5-2-6-20-46)65-62(64-60)47-36-32-42(33-37-47)41-30-34-44(35-31-41)53-39-59-55(38-54(53)49-26-15-21-43-16-7-8-22-48(43)49)52-25-11-14-29-58(52)63(59)56-27-12-9-23-50(56)51-24-10-13-28-57(51)63/h1-40H. The van der Waals surface area contributed by atoms with Crippen LogP contribution >= 0.6 is 0 Å². The van der Waals surface area contributed by atoms with Crippen molar-refractivity contribution in [2.24, 2.45) is 0 Å². The third kappa shape index (κ3) is 5.81. The van der Waals surface area contributed by atoms with Gasteiger partial charge in [0.1, 0.15) is 0 Å². The minimum absolute atomic E-state index is 0.432. The molecule has 0 saturated heterocycles.